The van der Waals surface area contributed by atoms with E-state index in [4.69, 9.17) is 0 Å². The highest BCUT2D eigenvalue weighted by Crippen LogP contribution is 2.22. The summed E-state index contributed by atoms with van der Waals surface area (Å²) in [7, 11) is 0. The summed E-state index contributed by atoms with van der Waals surface area (Å²) in [6, 6.07) is 12.7. The van der Waals surface area contributed by atoms with Crippen LogP contribution in [0, 0.1) is 20.8 Å². The van der Waals surface area contributed by atoms with Gasteiger partial charge in [0, 0.05) is 11.4 Å². The molecule has 0 aliphatic rings. The van der Waals surface area contributed by atoms with Crippen LogP contribution in [0.5, 0.6) is 0 Å². The number of para-hydroxylation sites is 1. The number of rotatable bonds is 6. The third-order valence-corrected chi connectivity index (χ3v) is 4.79. The molecule has 0 unspecified atom stereocenters. The lowest BCUT2D eigenvalue weighted by atomic mass is 10.1. The number of carbonyl (C=O) groups excluding carboxylic acids is 1. The van der Waals surface area contributed by atoms with E-state index in [-0.39, 0.29) is 5.91 Å². The molecule has 0 heterocycles. The topological polar surface area (TPSA) is 29.1 Å². The average Bonchev–Trinajstić information content (AvgIpc) is 2.48. The second kappa shape index (κ2) is 8.21. The highest BCUT2D eigenvalue weighted by atomic mass is 32.2. The number of benzene rings is 2. The zero-order chi connectivity index (χ0) is 16.8. The predicted molar refractivity (Wildman–Crippen MR) is 101 cm³/mol. The van der Waals surface area contributed by atoms with Crippen LogP contribution in [0.3, 0.4) is 0 Å². The first kappa shape index (κ1) is 17.6. The van der Waals surface area contributed by atoms with Gasteiger partial charge in [-0.2, -0.15) is 0 Å². The van der Waals surface area contributed by atoms with Gasteiger partial charge in [0.25, 0.3) is 0 Å². The number of carbonyl (C=O) groups is 1. The van der Waals surface area contributed by atoms with Crippen molar-refractivity contribution in [1.82, 2.24) is 0 Å². The molecule has 2 rings (SSSR count). The summed E-state index contributed by atoms with van der Waals surface area (Å²) < 4.78 is 0. The molecule has 3 heteroatoms. The van der Waals surface area contributed by atoms with Crippen molar-refractivity contribution in [3.05, 3.63) is 64.2 Å². The van der Waals surface area contributed by atoms with E-state index in [0.29, 0.717) is 5.75 Å². The molecule has 23 heavy (non-hydrogen) atoms. The van der Waals surface area contributed by atoms with Crippen molar-refractivity contribution in [2.24, 2.45) is 0 Å². The minimum absolute atomic E-state index is 0.0726. The summed E-state index contributed by atoms with van der Waals surface area (Å²) >= 11 is 1.66. The van der Waals surface area contributed by atoms with Crippen molar-refractivity contribution < 1.29 is 4.79 Å². The van der Waals surface area contributed by atoms with Gasteiger partial charge in [0.1, 0.15) is 0 Å². The molecule has 1 amide bonds. The fourth-order valence-electron chi connectivity index (χ4n) is 2.79. The second-order valence-electron chi connectivity index (χ2n) is 6.00. The molecule has 0 saturated heterocycles. The Bertz CT molecular complexity index is 674. The van der Waals surface area contributed by atoms with Crippen LogP contribution >= 0.6 is 11.8 Å². The molecular formula is C20H25NOS. The molecule has 0 fully saturated rings. The Morgan fingerprint density at radius 2 is 1.78 bits per heavy atom. The zero-order valence-electron chi connectivity index (χ0n) is 14.4. The van der Waals surface area contributed by atoms with E-state index in [0.717, 1.165) is 23.4 Å². The number of amides is 1. The second-order valence-corrected chi connectivity index (χ2v) is 6.99. The Labute approximate surface area is 143 Å². The van der Waals surface area contributed by atoms with E-state index < -0.39 is 0 Å². The monoisotopic (exact) mass is 327 g/mol. The van der Waals surface area contributed by atoms with Gasteiger partial charge < -0.3 is 5.32 Å². The molecule has 0 aliphatic carbocycles. The highest BCUT2D eigenvalue weighted by Gasteiger charge is 2.09. The van der Waals surface area contributed by atoms with Crippen molar-refractivity contribution >= 4 is 23.4 Å². The molecule has 0 aliphatic heterocycles. The lowest BCUT2D eigenvalue weighted by molar-refractivity contribution is -0.113. The van der Waals surface area contributed by atoms with Crippen LogP contribution in [0.2, 0.25) is 0 Å². The van der Waals surface area contributed by atoms with Crippen molar-refractivity contribution in [2.45, 2.75) is 39.9 Å². The molecule has 122 valence electrons. The molecular weight excluding hydrogens is 302 g/mol. The van der Waals surface area contributed by atoms with E-state index >= 15 is 0 Å². The summed E-state index contributed by atoms with van der Waals surface area (Å²) in [6.45, 7) is 8.37. The van der Waals surface area contributed by atoms with E-state index in [2.05, 4.69) is 50.4 Å². The Hall–Kier alpha value is -1.74. The summed E-state index contributed by atoms with van der Waals surface area (Å²) in [5, 5.41) is 3.08. The van der Waals surface area contributed by atoms with Crippen LogP contribution < -0.4 is 5.32 Å². The fraction of sp³-hybridized carbons (Fsp3) is 0.350. The Morgan fingerprint density at radius 3 is 2.43 bits per heavy atom. The minimum Gasteiger partial charge on any atom is -0.325 e. The van der Waals surface area contributed by atoms with Crippen LogP contribution in [0.25, 0.3) is 0 Å². The third-order valence-electron chi connectivity index (χ3n) is 3.79. The summed E-state index contributed by atoms with van der Waals surface area (Å²) in [4.78, 5) is 12.2. The van der Waals surface area contributed by atoms with Crippen LogP contribution in [0.4, 0.5) is 5.69 Å². The molecule has 0 radical (unpaired) electrons. The quantitative estimate of drug-likeness (QED) is 0.804. The van der Waals surface area contributed by atoms with Gasteiger partial charge in [-0.3, -0.25) is 4.79 Å². The van der Waals surface area contributed by atoms with Crippen molar-refractivity contribution in [1.29, 1.82) is 0 Å². The van der Waals surface area contributed by atoms with Crippen molar-refractivity contribution in [3.8, 4) is 0 Å². The standard InChI is InChI=1S/C20H25NOS/c1-5-18-8-6-7-16(4)20(18)21-19(22)13-23-12-17-10-14(2)9-15(3)11-17/h6-11H,5,12-13H2,1-4H3,(H,21,22). The number of anilines is 1. The van der Waals surface area contributed by atoms with E-state index in [1.54, 1.807) is 11.8 Å². The molecule has 2 nitrogen and oxygen atoms in total. The summed E-state index contributed by atoms with van der Waals surface area (Å²) in [5.41, 5.74) is 7.13. The number of nitrogens with one attached hydrogen (secondary N) is 1. The van der Waals surface area contributed by atoms with Crippen molar-refractivity contribution in [2.75, 3.05) is 11.1 Å². The third kappa shape index (κ3) is 5.14. The fourth-order valence-corrected chi connectivity index (χ4v) is 3.55. The normalized spacial score (nSPS) is 10.6. The van der Waals surface area contributed by atoms with Crippen LogP contribution in [0.1, 0.15) is 34.7 Å². The first-order chi connectivity index (χ1) is 11.0. The van der Waals surface area contributed by atoms with Gasteiger partial charge >= 0.3 is 0 Å². The SMILES string of the molecule is CCc1cccc(C)c1NC(=O)CSCc1cc(C)cc(C)c1. The van der Waals surface area contributed by atoms with Crippen molar-refractivity contribution in [3.63, 3.8) is 0 Å². The van der Waals surface area contributed by atoms with Gasteiger partial charge in [0.15, 0.2) is 0 Å². The van der Waals surface area contributed by atoms with Gasteiger partial charge in [-0.1, -0.05) is 54.4 Å². The number of hydrogen-bond donors (Lipinski definition) is 1. The Morgan fingerprint density at radius 1 is 1.09 bits per heavy atom. The van der Waals surface area contributed by atoms with Gasteiger partial charge in [-0.15, -0.1) is 11.8 Å². The molecule has 0 saturated carbocycles. The Kier molecular flexibility index (Phi) is 6.28. The van der Waals surface area contributed by atoms with Gasteiger partial charge in [-0.25, -0.2) is 0 Å². The van der Waals surface area contributed by atoms with E-state index in [1.165, 1.54) is 22.3 Å². The maximum Gasteiger partial charge on any atom is 0.234 e. The van der Waals surface area contributed by atoms with E-state index in [9.17, 15) is 4.79 Å². The summed E-state index contributed by atoms with van der Waals surface area (Å²) in [6.07, 6.45) is 0.924. The van der Waals surface area contributed by atoms with Crippen LogP contribution in [-0.2, 0) is 17.0 Å². The molecule has 0 atom stereocenters. The number of aryl methyl sites for hydroxylation is 4. The Balaban J connectivity index is 1.91. The maximum absolute atomic E-state index is 12.2. The largest absolute Gasteiger partial charge is 0.325 e. The molecule has 0 bridgehead atoms. The first-order valence-electron chi connectivity index (χ1n) is 8.03. The van der Waals surface area contributed by atoms with Gasteiger partial charge in [0.2, 0.25) is 5.91 Å². The molecule has 0 spiro atoms. The lowest BCUT2D eigenvalue weighted by Gasteiger charge is -2.13. The van der Waals surface area contributed by atoms with Crippen LogP contribution in [0.15, 0.2) is 36.4 Å². The van der Waals surface area contributed by atoms with E-state index in [1.807, 2.05) is 19.1 Å². The maximum atomic E-state index is 12.2. The number of thioether (sulfide) groups is 1. The average molecular weight is 327 g/mol. The van der Waals surface area contributed by atoms with Crippen LogP contribution in [-0.4, -0.2) is 11.7 Å². The molecule has 0 aromatic heterocycles. The first-order valence-corrected chi connectivity index (χ1v) is 9.18. The lowest BCUT2D eigenvalue weighted by Crippen LogP contribution is -2.16. The smallest absolute Gasteiger partial charge is 0.234 e. The molecule has 1 N–H and O–H groups in total. The predicted octanol–water partition coefficient (Wildman–Crippen LogP) is 5.05. The summed E-state index contributed by atoms with van der Waals surface area (Å²) in [5.74, 6) is 1.41. The minimum atomic E-state index is 0.0726. The highest BCUT2D eigenvalue weighted by molar-refractivity contribution is 7.99. The molecule has 2 aromatic carbocycles. The van der Waals surface area contributed by atoms with Gasteiger partial charge in [0.05, 0.1) is 5.75 Å². The van der Waals surface area contributed by atoms with Gasteiger partial charge in [-0.05, 0) is 43.9 Å². The number of hydrogen-bond acceptors (Lipinski definition) is 2. The zero-order valence-corrected chi connectivity index (χ0v) is 15.2. The molecule has 2 aromatic rings.